The van der Waals surface area contributed by atoms with Gasteiger partial charge in [0.25, 0.3) is 11.5 Å². The van der Waals surface area contributed by atoms with Gasteiger partial charge in [-0.15, -0.1) is 11.3 Å². The minimum atomic E-state index is -0.437. The van der Waals surface area contributed by atoms with Crippen molar-refractivity contribution in [1.82, 2.24) is 14.7 Å². The molecule has 0 saturated carbocycles. The molecule has 1 fully saturated rings. The molecule has 1 amide bonds. The van der Waals surface area contributed by atoms with Crippen molar-refractivity contribution in [3.63, 3.8) is 0 Å². The van der Waals surface area contributed by atoms with Gasteiger partial charge in [0.1, 0.15) is 5.56 Å². The topological polar surface area (TPSA) is 81.9 Å². The molecule has 1 N–H and O–H groups in total. The van der Waals surface area contributed by atoms with E-state index >= 15 is 0 Å². The number of aromatic nitrogens is 2. The molecule has 0 radical (unpaired) electrons. The van der Waals surface area contributed by atoms with Crippen molar-refractivity contribution in [3.05, 3.63) is 69.1 Å². The highest BCUT2D eigenvalue weighted by Gasteiger charge is 2.16. The van der Waals surface area contributed by atoms with Gasteiger partial charge < -0.3 is 14.8 Å². The monoisotopic (exact) mass is 413 g/mol. The summed E-state index contributed by atoms with van der Waals surface area (Å²) in [6, 6.07) is 10.0. The van der Waals surface area contributed by atoms with Crippen LogP contribution in [0.4, 0.5) is 0 Å². The Morgan fingerprint density at radius 3 is 3.00 bits per heavy atom. The lowest BCUT2D eigenvalue weighted by molar-refractivity contribution is 0.0183. The van der Waals surface area contributed by atoms with Gasteiger partial charge in [-0.25, -0.2) is 4.98 Å². The third-order valence-electron chi connectivity index (χ3n) is 4.78. The number of rotatable bonds is 8. The fourth-order valence-corrected chi connectivity index (χ4v) is 4.26. The van der Waals surface area contributed by atoms with Gasteiger partial charge in [0.2, 0.25) is 0 Å². The zero-order valence-corrected chi connectivity index (χ0v) is 16.8. The minimum Gasteiger partial charge on any atom is -0.377 e. The fraction of sp³-hybridized carbons (Fsp3) is 0.381. The van der Waals surface area contributed by atoms with E-state index in [0.29, 0.717) is 24.7 Å². The zero-order chi connectivity index (χ0) is 20.1. The van der Waals surface area contributed by atoms with Crippen molar-refractivity contribution in [3.8, 4) is 0 Å². The van der Waals surface area contributed by atoms with E-state index in [1.165, 1.54) is 21.9 Å². The van der Waals surface area contributed by atoms with Crippen molar-refractivity contribution < 1.29 is 14.3 Å². The third kappa shape index (κ3) is 4.90. The molecule has 0 aliphatic carbocycles. The second-order valence-corrected chi connectivity index (χ2v) is 8.05. The highest BCUT2D eigenvalue weighted by Crippen LogP contribution is 2.18. The van der Waals surface area contributed by atoms with E-state index < -0.39 is 5.91 Å². The first-order valence-corrected chi connectivity index (χ1v) is 10.5. The molecule has 1 aliphatic rings. The quantitative estimate of drug-likeness (QED) is 0.573. The predicted octanol–water partition coefficient (Wildman–Crippen LogP) is 2.27. The Bertz CT molecular complexity index is 1030. The molecule has 1 atom stereocenters. The summed E-state index contributed by atoms with van der Waals surface area (Å²) in [4.78, 5) is 31.0. The fourth-order valence-electron chi connectivity index (χ4n) is 3.29. The molecule has 4 rings (SSSR count). The maximum absolute atomic E-state index is 12.7. The van der Waals surface area contributed by atoms with Crippen molar-refractivity contribution in [2.75, 3.05) is 26.4 Å². The average Bonchev–Trinajstić information content (AvgIpc) is 3.38. The molecule has 1 aliphatic heterocycles. The van der Waals surface area contributed by atoms with E-state index in [2.05, 4.69) is 10.3 Å². The maximum atomic E-state index is 12.7. The van der Waals surface area contributed by atoms with Crippen LogP contribution in [0.15, 0.2) is 47.5 Å². The second-order valence-electron chi connectivity index (χ2n) is 6.96. The van der Waals surface area contributed by atoms with E-state index in [0.717, 1.165) is 36.3 Å². The molecule has 2 aromatic heterocycles. The average molecular weight is 413 g/mol. The highest BCUT2D eigenvalue weighted by molar-refractivity contribution is 7.17. The van der Waals surface area contributed by atoms with Crippen LogP contribution in [-0.2, 0) is 15.9 Å². The Labute approximate surface area is 172 Å². The van der Waals surface area contributed by atoms with Crippen molar-refractivity contribution >= 4 is 22.2 Å². The number of carbonyl (C=O) groups excluding carboxylic acids is 1. The number of hydrogen-bond donors (Lipinski definition) is 1. The minimum absolute atomic E-state index is 0.0330. The Balaban J connectivity index is 1.36. The zero-order valence-electron chi connectivity index (χ0n) is 16.0. The van der Waals surface area contributed by atoms with Crippen molar-refractivity contribution in [2.24, 2.45) is 0 Å². The first kappa shape index (κ1) is 19.8. The van der Waals surface area contributed by atoms with Crippen LogP contribution in [0.1, 0.15) is 33.6 Å². The first-order chi connectivity index (χ1) is 14.2. The Kier molecular flexibility index (Phi) is 6.33. The number of nitrogens with zero attached hydrogens (tertiary/aromatic N) is 2. The SMILES string of the molecule is O=C(NCCOCC1CCCO1)c1cnc2sc(Cc3ccccc3)cn2c1=O. The molecule has 8 heteroatoms. The van der Waals surface area contributed by atoms with Crippen LogP contribution in [0.2, 0.25) is 0 Å². The normalized spacial score (nSPS) is 16.3. The van der Waals surface area contributed by atoms with Crippen LogP contribution < -0.4 is 10.9 Å². The molecule has 1 aromatic carbocycles. The first-order valence-electron chi connectivity index (χ1n) is 9.72. The summed E-state index contributed by atoms with van der Waals surface area (Å²) < 4.78 is 12.5. The summed E-state index contributed by atoms with van der Waals surface area (Å²) in [5.74, 6) is -0.437. The van der Waals surface area contributed by atoms with E-state index in [-0.39, 0.29) is 17.2 Å². The Hall–Kier alpha value is -2.55. The van der Waals surface area contributed by atoms with Gasteiger partial charge in [-0.3, -0.25) is 14.0 Å². The van der Waals surface area contributed by atoms with E-state index in [4.69, 9.17) is 9.47 Å². The summed E-state index contributed by atoms with van der Waals surface area (Å²) in [5, 5.41) is 2.72. The van der Waals surface area contributed by atoms with Gasteiger partial charge in [-0.1, -0.05) is 30.3 Å². The summed E-state index contributed by atoms with van der Waals surface area (Å²) in [5.41, 5.74) is 0.835. The van der Waals surface area contributed by atoms with Crippen LogP contribution in [0.5, 0.6) is 0 Å². The summed E-state index contributed by atoms with van der Waals surface area (Å²) in [6.45, 7) is 2.03. The number of nitrogens with one attached hydrogen (secondary N) is 1. The van der Waals surface area contributed by atoms with E-state index in [9.17, 15) is 9.59 Å². The van der Waals surface area contributed by atoms with Crippen molar-refractivity contribution in [2.45, 2.75) is 25.4 Å². The number of ether oxygens (including phenoxy) is 2. The predicted molar refractivity (Wildman–Crippen MR) is 111 cm³/mol. The highest BCUT2D eigenvalue weighted by atomic mass is 32.1. The van der Waals surface area contributed by atoms with E-state index in [1.807, 2.05) is 30.3 Å². The van der Waals surface area contributed by atoms with Crippen molar-refractivity contribution in [1.29, 1.82) is 0 Å². The summed E-state index contributed by atoms with van der Waals surface area (Å²) >= 11 is 1.45. The summed E-state index contributed by atoms with van der Waals surface area (Å²) in [7, 11) is 0. The van der Waals surface area contributed by atoms with Gasteiger partial charge in [0.05, 0.1) is 19.3 Å². The number of amides is 1. The molecule has 3 heterocycles. The molecular weight excluding hydrogens is 390 g/mol. The molecule has 1 saturated heterocycles. The smallest absolute Gasteiger partial charge is 0.271 e. The third-order valence-corrected chi connectivity index (χ3v) is 5.78. The molecule has 3 aromatic rings. The molecule has 0 spiro atoms. The van der Waals surface area contributed by atoms with Crippen LogP contribution in [0.25, 0.3) is 4.96 Å². The van der Waals surface area contributed by atoms with Crippen LogP contribution in [-0.4, -0.2) is 47.8 Å². The molecule has 7 nitrogen and oxygen atoms in total. The lowest BCUT2D eigenvalue weighted by atomic mass is 10.1. The molecule has 1 unspecified atom stereocenters. The second kappa shape index (κ2) is 9.30. The Morgan fingerprint density at radius 1 is 1.34 bits per heavy atom. The lowest BCUT2D eigenvalue weighted by Crippen LogP contribution is -2.33. The van der Waals surface area contributed by atoms with Crippen LogP contribution >= 0.6 is 11.3 Å². The molecule has 0 bridgehead atoms. The Morgan fingerprint density at radius 2 is 2.21 bits per heavy atom. The number of fused-ring (bicyclic) bond motifs is 1. The van der Waals surface area contributed by atoms with E-state index in [1.54, 1.807) is 6.20 Å². The van der Waals surface area contributed by atoms with Gasteiger partial charge in [-0.2, -0.15) is 0 Å². The number of carbonyl (C=O) groups is 1. The number of benzene rings is 1. The van der Waals surface area contributed by atoms with Crippen LogP contribution in [0.3, 0.4) is 0 Å². The van der Waals surface area contributed by atoms with Gasteiger partial charge in [-0.05, 0) is 18.4 Å². The number of hydrogen-bond acceptors (Lipinski definition) is 6. The summed E-state index contributed by atoms with van der Waals surface area (Å²) in [6.07, 6.45) is 6.08. The van der Waals surface area contributed by atoms with Crippen LogP contribution in [0, 0.1) is 0 Å². The lowest BCUT2D eigenvalue weighted by Gasteiger charge is -2.10. The standard InChI is InChI=1S/C21H23N3O4S/c25-19(22-8-10-27-14-16-7-4-9-28-16)18-12-23-21-24(20(18)26)13-17(29-21)11-15-5-2-1-3-6-15/h1-3,5-6,12-13,16H,4,7-11,14H2,(H,22,25). The van der Waals surface area contributed by atoms with Gasteiger partial charge >= 0.3 is 0 Å². The largest absolute Gasteiger partial charge is 0.377 e. The van der Waals surface area contributed by atoms with Gasteiger partial charge in [0.15, 0.2) is 4.96 Å². The molecule has 29 heavy (non-hydrogen) atoms. The molecule has 152 valence electrons. The van der Waals surface area contributed by atoms with Gasteiger partial charge in [0, 0.05) is 36.8 Å². The number of thiazole rings is 1. The maximum Gasteiger partial charge on any atom is 0.271 e. The molecular formula is C21H23N3O4S.